The van der Waals surface area contributed by atoms with Crippen molar-refractivity contribution in [2.24, 2.45) is 0 Å². The molecule has 0 radical (unpaired) electrons. The largest absolute Gasteiger partial charge is 0.312 e. The molecule has 0 aromatic carbocycles. The van der Waals surface area contributed by atoms with Gasteiger partial charge in [-0.1, -0.05) is 6.92 Å². The molecule has 5 heteroatoms. The van der Waals surface area contributed by atoms with Crippen molar-refractivity contribution in [2.45, 2.75) is 26.9 Å². The van der Waals surface area contributed by atoms with Crippen LogP contribution in [-0.2, 0) is 13.1 Å². The molecule has 2 aromatic rings. The van der Waals surface area contributed by atoms with Gasteiger partial charge in [-0.25, -0.2) is 0 Å². The molecule has 0 bridgehead atoms. The lowest BCUT2D eigenvalue weighted by Crippen LogP contribution is -2.10. The fourth-order valence-electron chi connectivity index (χ4n) is 1.68. The molecular weight excluding hydrogens is 345 g/mol. The molecule has 0 saturated carbocycles. The first-order valence-electron chi connectivity index (χ1n) is 5.66. The van der Waals surface area contributed by atoms with Crippen LogP contribution >= 0.6 is 33.9 Å². The molecule has 0 aliphatic carbocycles. The van der Waals surface area contributed by atoms with Gasteiger partial charge in [0.1, 0.15) is 0 Å². The van der Waals surface area contributed by atoms with Crippen LogP contribution in [0.1, 0.15) is 22.2 Å². The van der Waals surface area contributed by atoms with E-state index in [1.54, 1.807) is 0 Å². The van der Waals surface area contributed by atoms with Crippen LogP contribution < -0.4 is 5.32 Å². The maximum Gasteiger partial charge on any atom is 0.0670 e. The first kappa shape index (κ1) is 13.0. The molecule has 0 atom stereocenters. The van der Waals surface area contributed by atoms with E-state index in [1.807, 2.05) is 22.2 Å². The predicted octanol–water partition coefficient (Wildman–Crippen LogP) is 3.02. The Morgan fingerprint density at radius 1 is 1.53 bits per heavy atom. The number of nitrogens with zero attached hydrogens (tertiary/aromatic N) is 2. The highest BCUT2D eigenvalue weighted by atomic mass is 127. The maximum atomic E-state index is 4.32. The van der Waals surface area contributed by atoms with Crippen molar-refractivity contribution in [3.05, 3.63) is 37.3 Å². The first-order chi connectivity index (χ1) is 8.19. The smallest absolute Gasteiger partial charge is 0.0670 e. The van der Waals surface area contributed by atoms with Gasteiger partial charge in [-0.3, -0.25) is 4.68 Å². The molecule has 0 unspecified atom stereocenters. The predicted molar refractivity (Wildman–Crippen MR) is 80.5 cm³/mol. The van der Waals surface area contributed by atoms with E-state index in [0.29, 0.717) is 0 Å². The number of nitrogens with one attached hydrogen (secondary N) is 1. The molecule has 0 spiro atoms. The van der Waals surface area contributed by atoms with E-state index in [2.05, 4.69) is 59.1 Å². The average Bonchev–Trinajstić information content (AvgIpc) is 2.84. The van der Waals surface area contributed by atoms with Crippen molar-refractivity contribution in [1.82, 2.24) is 15.1 Å². The minimum atomic E-state index is 0.872. The Labute approximate surface area is 119 Å². The Morgan fingerprint density at radius 2 is 2.35 bits per heavy atom. The Morgan fingerprint density at radius 3 is 3.00 bits per heavy atom. The monoisotopic (exact) mass is 361 g/mol. The van der Waals surface area contributed by atoms with Gasteiger partial charge in [-0.15, -0.1) is 11.3 Å². The third kappa shape index (κ3) is 3.53. The molecule has 2 rings (SSSR count). The van der Waals surface area contributed by atoms with Crippen LogP contribution in [0.5, 0.6) is 0 Å². The van der Waals surface area contributed by atoms with Crippen molar-refractivity contribution >= 4 is 33.9 Å². The van der Waals surface area contributed by atoms with E-state index in [-0.39, 0.29) is 0 Å². The molecule has 17 heavy (non-hydrogen) atoms. The lowest BCUT2D eigenvalue weighted by Gasteiger charge is -1.99. The Hall–Kier alpha value is -0.400. The summed E-state index contributed by atoms with van der Waals surface area (Å²) in [6.45, 7) is 7.18. The van der Waals surface area contributed by atoms with Gasteiger partial charge in [0.05, 0.1) is 16.3 Å². The van der Waals surface area contributed by atoms with Gasteiger partial charge >= 0.3 is 0 Å². The Kier molecular flexibility index (Phi) is 4.58. The summed E-state index contributed by atoms with van der Waals surface area (Å²) in [7, 11) is 0. The molecule has 0 aliphatic heterocycles. The highest BCUT2D eigenvalue weighted by molar-refractivity contribution is 14.1. The van der Waals surface area contributed by atoms with Gasteiger partial charge in [0, 0.05) is 22.5 Å². The number of thiophene rings is 1. The summed E-state index contributed by atoms with van der Waals surface area (Å²) < 4.78 is 3.18. The van der Waals surface area contributed by atoms with Gasteiger partial charge < -0.3 is 5.32 Å². The molecule has 2 aromatic heterocycles. The highest BCUT2D eigenvalue weighted by Gasteiger charge is 2.06. The summed E-state index contributed by atoms with van der Waals surface area (Å²) in [6, 6.07) is 2.29. The zero-order chi connectivity index (χ0) is 12.3. The van der Waals surface area contributed by atoms with E-state index >= 15 is 0 Å². The van der Waals surface area contributed by atoms with Gasteiger partial charge in [0.15, 0.2) is 0 Å². The van der Waals surface area contributed by atoms with Gasteiger partial charge in [0.2, 0.25) is 0 Å². The lowest BCUT2D eigenvalue weighted by molar-refractivity contribution is 0.684. The fraction of sp³-hybridized carbons (Fsp3) is 0.417. The third-order valence-corrected chi connectivity index (χ3v) is 4.20. The van der Waals surface area contributed by atoms with Crippen molar-refractivity contribution in [3.8, 4) is 0 Å². The number of aryl methyl sites for hydroxylation is 1. The van der Waals surface area contributed by atoms with Crippen LogP contribution in [0.15, 0.2) is 18.5 Å². The van der Waals surface area contributed by atoms with Gasteiger partial charge in [-0.05, 0) is 47.7 Å². The van der Waals surface area contributed by atoms with E-state index in [0.717, 1.165) is 19.6 Å². The second-order valence-electron chi connectivity index (χ2n) is 3.93. The molecule has 0 saturated heterocycles. The average molecular weight is 361 g/mol. The van der Waals surface area contributed by atoms with Gasteiger partial charge in [0.25, 0.3) is 0 Å². The number of hydrogen-bond donors (Lipinski definition) is 1. The molecule has 2 heterocycles. The Balaban J connectivity index is 2.07. The first-order valence-corrected chi connectivity index (χ1v) is 7.55. The minimum Gasteiger partial charge on any atom is -0.312 e. The van der Waals surface area contributed by atoms with E-state index in [1.165, 1.54) is 18.9 Å². The van der Waals surface area contributed by atoms with E-state index in [4.69, 9.17) is 0 Å². The number of hydrogen-bond acceptors (Lipinski definition) is 3. The third-order valence-electron chi connectivity index (χ3n) is 2.55. The van der Waals surface area contributed by atoms with Crippen molar-refractivity contribution in [1.29, 1.82) is 0 Å². The normalized spacial score (nSPS) is 11.0. The molecule has 1 N–H and O–H groups in total. The van der Waals surface area contributed by atoms with Crippen LogP contribution in [0.2, 0.25) is 0 Å². The van der Waals surface area contributed by atoms with Crippen LogP contribution in [0.25, 0.3) is 0 Å². The number of rotatable bonds is 5. The van der Waals surface area contributed by atoms with E-state index in [9.17, 15) is 0 Å². The molecule has 3 nitrogen and oxygen atoms in total. The molecule has 92 valence electrons. The van der Waals surface area contributed by atoms with Crippen LogP contribution in [0.4, 0.5) is 0 Å². The summed E-state index contributed by atoms with van der Waals surface area (Å²) in [5.74, 6) is 0. The van der Waals surface area contributed by atoms with Crippen molar-refractivity contribution in [3.63, 3.8) is 0 Å². The second-order valence-corrected chi connectivity index (χ2v) is 6.52. The van der Waals surface area contributed by atoms with Crippen LogP contribution in [0.3, 0.4) is 0 Å². The fourth-order valence-corrected chi connectivity index (χ4v) is 3.15. The van der Waals surface area contributed by atoms with Gasteiger partial charge in [-0.2, -0.15) is 5.10 Å². The zero-order valence-electron chi connectivity index (χ0n) is 10.0. The summed E-state index contributed by atoms with van der Waals surface area (Å²) in [6.07, 6.45) is 3.96. The van der Waals surface area contributed by atoms with Crippen LogP contribution in [-0.4, -0.2) is 16.3 Å². The molecular formula is C12H16IN3S. The Bertz CT molecular complexity index is 490. The molecule has 0 amide bonds. The maximum absolute atomic E-state index is 4.32. The summed E-state index contributed by atoms with van der Waals surface area (Å²) in [5.41, 5.74) is 1.38. The summed E-state index contributed by atoms with van der Waals surface area (Å²) in [4.78, 5) is 2.80. The lowest BCUT2D eigenvalue weighted by atomic mass is 10.2. The zero-order valence-corrected chi connectivity index (χ0v) is 13.0. The van der Waals surface area contributed by atoms with Crippen molar-refractivity contribution < 1.29 is 0 Å². The minimum absolute atomic E-state index is 0.872. The SMILES string of the molecule is CCNCc1cc(Cn2cc(I)cn2)c(C)s1. The highest BCUT2D eigenvalue weighted by Crippen LogP contribution is 2.22. The number of halogens is 1. The van der Waals surface area contributed by atoms with Crippen LogP contribution in [0, 0.1) is 10.5 Å². The number of aromatic nitrogens is 2. The summed E-state index contributed by atoms with van der Waals surface area (Å²) in [5, 5.41) is 7.68. The molecule has 0 fully saturated rings. The van der Waals surface area contributed by atoms with E-state index < -0.39 is 0 Å². The van der Waals surface area contributed by atoms with Crippen molar-refractivity contribution in [2.75, 3.05) is 6.54 Å². The standard InChI is InChI=1S/C12H16IN3S/c1-3-14-6-12-4-10(9(2)17-12)7-16-8-11(13)5-15-16/h4-5,8,14H,3,6-7H2,1-2H3. The second kappa shape index (κ2) is 5.97. The molecule has 0 aliphatic rings. The quantitative estimate of drug-likeness (QED) is 0.830. The topological polar surface area (TPSA) is 29.9 Å². The summed E-state index contributed by atoms with van der Waals surface area (Å²) >= 11 is 4.16.